The normalized spacial score (nSPS) is 18.1. The van der Waals surface area contributed by atoms with Gasteiger partial charge in [-0.05, 0) is 24.1 Å². The molecule has 0 fully saturated rings. The molecule has 0 bridgehead atoms. The first-order chi connectivity index (χ1) is 9.74. The molecule has 0 radical (unpaired) electrons. The minimum absolute atomic E-state index is 0.230. The van der Waals surface area contributed by atoms with Crippen molar-refractivity contribution in [3.05, 3.63) is 34.7 Å². The van der Waals surface area contributed by atoms with Gasteiger partial charge in [0.2, 0.25) is 0 Å². The highest BCUT2D eigenvalue weighted by atomic mass is 32.3. The van der Waals surface area contributed by atoms with Crippen molar-refractivity contribution >= 4 is 28.5 Å². The molecule has 0 unspecified atom stereocenters. The summed E-state index contributed by atoms with van der Waals surface area (Å²) in [5.74, 6) is -1.92. The molecule has 1 aliphatic rings. The lowest BCUT2D eigenvalue weighted by Crippen LogP contribution is -2.44. The van der Waals surface area contributed by atoms with Crippen molar-refractivity contribution in [2.75, 3.05) is 0 Å². The fourth-order valence-electron chi connectivity index (χ4n) is 2.14. The number of hydrogen-bond acceptors (Lipinski definition) is 4. The standard InChI is InChI=1S/C14H17NO5S/c1-8(2)12(14(17)18)15-13(16)10-4-3-5-11-9(10)6-7-21(11,19)20/h3-8,12,19-20H,1-2H3,(H,15,16)(H,17,18)/t12-/m0/s1. The van der Waals surface area contributed by atoms with E-state index in [0.717, 1.165) is 0 Å². The Labute approximate surface area is 123 Å². The van der Waals surface area contributed by atoms with Crippen molar-refractivity contribution in [1.82, 2.24) is 5.32 Å². The molecule has 6 nitrogen and oxygen atoms in total. The third kappa shape index (κ3) is 2.94. The highest BCUT2D eigenvalue weighted by molar-refractivity contribution is 8.27. The van der Waals surface area contributed by atoms with E-state index in [9.17, 15) is 18.7 Å². The number of carbonyl (C=O) groups is 2. The summed E-state index contributed by atoms with van der Waals surface area (Å²) < 4.78 is 19.7. The molecule has 0 spiro atoms. The second-order valence-corrected chi connectivity index (χ2v) is 7.04. The molecule has 1 aromatic rings. The van der Waals surface area contributed by atoms with E-state index in [1.807, 2.05) is 0 Å². The Morgan fingerprint density at radius 2 is 1.90 bits per heavy atom. The van der Waals surface area contributed by atoms with Crippen LogP contribution >= 0.6 is 10.6 Å². The van der Waals surface area contributed by atoms with Gasteiger partial charge in [-0.1, -0.05) is 19.9 Å². The Balaban J connectivity index is 2.32. The first-order valence-corrected chi connectivity index (χ1v) is 7.98. The van der Waals surface area contributed by atoms with Gasteiger partial charge < -0.3 is 10.4 Å². The largest absolute Gasteiger partial charge is 0.480 e. The van der Waals surface area contributed by atoms with Gasteiger partial charge in [0.25, 0.3) is 5.91 Å². The molecule has 0 saturated carbocycles. The summed E-state index contributed by atoms with van der Waals surface area (Å²) in [6.45, 7) is 3.40. The number of carboxylic acid groups (broad SMARTS) is 1. The van der Waals surface area contributed by atoms with Crippen LogP contribution in [-0.4, -0.2) is 32.1 Å². The SMILES string of the molecule is CC(C)[C@H](NC(=O)c1cccc2c1C=CS2(O)O)C(=O)O. The minimum atomic E-state index is -3.00. The van der Waals surface area contributed by atoms with Gasteiger partial charge in [0.15, 0.2) is 0 Å². The van der Waals surface area contributed by atoms with Crippen LogP contribution in [0, 0.1) is 5.92 Å². The molecule has 7 heteroatoms. The average Bonchev–Trinajstić information content (AvgIpc) is 2.71. The number of fused-ring (bicyclic) bond motifs is 1. The molecule has 1 aromatic carbocycles. The molecule has 114 valence electrons. The molecule has 1 amide bonds. The zero-order valence-electron chi connectivity index (χ0n) is 11.6. The van der Waals surface area contributed by atoms with Crippen LogP contribution in [0.1, 0.15) is 29.8 Å². The third-order valence-electron chi connectivity index (χ3n) is 3.28. The van der Waals surface area contributed by atoms with Gasteiger partial charge in [-0.2, -0.15) is 0 Å². The van der Waals surface area contributed by atoms with Gasteiger partial charge in [-0.25, -0.2) is 4.79 Å². The highest BCUT2D eigenvalue weighted by Gasteiger charge is 2.28. The van der Waals surface area contributed by atoms with E-state index in [0.29, 0.717) is 5.56 Å². The van der Waals surface area contributed by atoms with Crippen molar-refractivity contribution in [2.24, 2.45) is 5.92 Å². The molecule has 0 aromatic heterocycles. The van der Waals surface area contributed by atoms with E-state index < -0.39 is 28.5 Å². The number of rotatable bonds is 4. The summed E-state index contributed by atoms with van der Waals surface area (Å²) in [4.78, 5) is 23.7. The molecule has 1 atom stereocenters. The summed E-state index contributed by atoms with van der Waals surface area (Å²) in [6, 6.07) is 3.61. The predicted octanol–water partition coefficient (Wildman–Crippen LogP) is 2.62. The van der Waals surface area contributed by atoms with Crippen molar-refractivity contribution in [3.63, 3.8) is 0 Å². The molecule has 1 aliphatic heterocycles. The Kier molecular flexibility index (Phi) is 4.08. The number of aliphatic carboxylic acids is 1. The number of benzene rings is 1. The molecular formula is C14H17NO5S. The first kappa shape index (κ1) is 15.6. The third-order valence-corrected chi connectivity index (χ3v) is 4.80. The molecule has 4 N–H and O–H groups in total. The smallest absolute Gasteiger partial charge is 0.326 e. The van der Waals surface area contributed by atoms with Crippen molar-refractivity contribution in [2.45, 2.75) is 24.8 Å². The molecule has 0 aliphatic carbocycles. The lowest BCUT2D eigenvalue weighted by molar-refractivity contribution is -0.140. The summed E-state index contributed by atoms with van der Waals surface area (Å²) in [6.07, 6.45) is 1.48. The summed E-state index contributed by atoms with van der Waals surface area (Å²) >= 11 is 0. The number of carbonyl (C=O) groups excluding carboxylic acids is 1. The second-order valence-electron chi connectivity index (χ2n) is 5.15. The fourth-order valence-corrected chi connectivity index (χ4v) is 3.40. The predicted molar refractivity (Wildman–Crippen MR) is 80.3 cm³/mol. The fraction of sp³-hybridized carbons (Fsp3) is 0.286. The molecule has 2 rings (SSSR count). The molecule has 1 heterocycles. The molecular weight excluding hydrogens is 294 g/mol. The van der Waals surface area contributed by atoms with E-state index in [4.69, 9.17) is 5.11 Å². The Hall–Kier alpha value is -1.83. The maximum atomic E-state index is 12.3. The summed E-state index contributed by atoms with van der Waals surface area (Å²) in [7, 11) is -3.00. The van der Waals surface area contributed by atoms with E-state index >= 15 is 0 Å². The van der Waals surface area contributed by atoms with Crippen LogP contribution in [0.3, 0.4) is 0 Å². The maximum absolute atomic E-state index is 12.3. The zero-order valence-corrected chi connectivity index (χ0v) is 12.4. The zero-order chi connectivity index (χ0) is 15.8. The van der Waals surface area contributed by atoms with Crippen LogP contribution < -0.4 is 5.32 Å². The lowest BCUT2D eigenvalue weighted by Gasteiger charge is -2.26. The van der Waals surface area contributed by atoms with Gasteiger partial charge in [-0.3, -0.25) is 13.9 Å². The maximum Gasteiger partial charge on any atom is 0.326 e. The average molecular weight is 311 g/mol. The number of carboxylic acids is 1. The van der Waals surface area contributed by atoms with Crippen molar-refractivity contribution in [3.8, 4) is 0 Å². The Morgan fingerprint density at radius 3 is 2.48 bits per heavy atom. The van der Waals surface area contributed by atoms with E-state index in [1.54, 1.807) is 26.0 Å². The van der Waals surface area contributed by atoms with E-state index in [2.05, 4.69) is 5.32 Å². The van der Waals surface area contributed by atoms with Crippen molar-refractivity contribution < 1.29 is 23.8 Å². The van der Waals surface area contributed by atoms with Crippen LogP contribution in [0.5, 0.6) is 0 Å². The topological polar surface area (TPSA) is 107 Å². The minimum Gasteiger partial charge on any atom is -0.480 e. The van der Waals surface area contributed by atoms with E-state index in [-0.39, 0.29) is 16.4 Å². The van der Waals surface area contributed by atoms with Gasteiger partial charge in [-0.15, -0.1) is 10.6 Å². The van der Waals surface area contributed by atoms with Gasteiger partial charge >= 0.3 is 5.97 Å². The first-order valence-electron chi connectivity index (χ1n) is 6.37. The number of amides is 1. The monoisotopic (exact) mass is 311 g/mol. The van der Waals surface area contributed by atoms with Crippen molar-refractivity contribution in [1.29, 1.82) is 0 Å². The van der Waals surface area contributed by atoms with Crippen LogP contribution in [0.2, 0.25) is 0 Å². The Bertz CT molecular complexity index is 624. The number of nitrogens with one attached hydrogen (secondary N) is 1. The highest BCUT2D eigenvalue weighted by Crippen LogP contribution is 2.56. The van der Waals surface area contributed by atoms with Gasteiger partial charge in [0.1, 0.15) is 6.04 Å². The quantitative estimate of drug-likeness (QED) is 0.684. The van der Waals surface area contributed by atoms with E-state index in [1.165, 1.54) is 17.6 Å². The Morgan fingerprint density at radius 1 is 1.24 bits per heavy atom. The van der Waals surface area contributed by atoms with Gasteiger partial charge in [0.05, 0.1) is 4.90 Å². The molecule has 0 saturated heterocycles. The lowest BCUT2D eigenvalue weighted by atomic mass is 10.0. The van der Waals surface area contributed by atoms with Gasteiger partial charge in [0, 0.05) is 16.5 Å². The summed E-state index contributed by atoms with van der Waals surface area (Å²) in [5.41, 5.74) is 0.649. The van der Waals surface area contributed by atoms with Crippen LogP contribution in [-0.2, 0) is 4.79 Å². The second kappa shape index (κ2) is 5.51. The van der Waals surface area contributed by atoms with Crippen LogP contribution in [0.15, 0.2) is 28.5 Å². The summed E-state index contributed by atoms with van der Waals surface area (Å²) in [5, 5.41) is 12.8. The van der Waals surface area contributed by atoms with Crippen LogP contribution in [0.25, 0.3) is 6.08 Å². The molecule has 21 heavy (non-hydrogen) atoms. The number of hydrogen-bond donors (Lipinski definition) is 4. The van der Waals surface area contributed by atoms with Crippen LogP contribution in [0.4, 0.5) is 0 Å².